The van der Waals surface area contributed by atoms with E-state index in [1.54, 1.807) is 18.8 Å². The van der Waals surface area contributed by atoms with Crippen molar-refractivity contribution < 1.29 is 0 Å². The van der Waals surface area contributed by atoms with Gasteiger partial charge in [0.1, 0.15) is 0 Å². The maximum absolute atomic E-state index is 12.3. The number of rotatable bonds is 11. The highest BCUT2D eigenvalue weighted by atomic mass is 32.2. The summed E-state index contributed by atoms with van der Waals surface area (Å²) in [6.45, 7) is 4.76. The minimum atomic E-state index is -0.429. The number of aromatic amines is 1. The van der Waals surface area contributed by atoms with Gasteiger partial charge in [-0.05, 0) is 13.3 Å². The van der Waals surface area contributed by atoms with E-state index in [0.717, 1.165) is 17.3 Å². The van der Waals surface area contributed by atoms with E-state index in [-0.39, 0.29) is 5.56 Å². The van der Waals surface area contributed by atoms with E-state index in [9.17, 15) is 9.59 Å². The standard InChI is InChI=1S/C19H30N4O2S/c1-4-6-8-9-10-11-12-14-26-19-20-16-15(23(19)13-7-5-2)17(24)21-18(25)22(16)3/h5,7H,4,6,8-14H2,1-3H3,(H,21,24,25). The van der Waals surface area contributed by atoms with Crippen LogP contribution in [-0.4, -0.2) is 24.9 Å². The molecule has 0 aliphatic heterocycles. The van der Waals surface area contributed by atoms with Crippen molar-refractivity contribution in [2.75, 3.05) is 5.75 Å². The average molecular weight is 379 g/mol. The summed E-state index contributed by atoms with van der Waals surface area (Å²) in [4.78, 5) is 31.1. The van der Waals surface area contributed by atoms with Crippen LogP contribution in [-0.2, 0) is 13.6 Å². The predicted molar refractivity (Wildman–Crippen MR) is 109 cm³/mol. The molecule has 2 heterocycles. The second-order valence-corrected chi connectivity index (χ2v) is 7.60. The summed E-state index contributed by atoms with van der Waals surface area (Å²) >= 11 is 1.66. The van der Waals surface area contributed by atoms with Gasteiger partial charge in [0.05, 0.1) is 0 Å². The number of hydrogen-bond donors (Lipinski definition) is 1. The van der Waals surface area contributed by atoms with Crippen LogP contribution in [0.3, 0.4) is 0 Å². The molecule has 6 nitrogen and oxygen atoms in total. The van der Waals surface area contributed by atoms with E-state index < -0.39 is 5.69 Å². The molecule has 144 valence electrons. The minimum absolute atomic E-state index is 0.372. The van der Waals surface area contributed by atoms with E-state index in [1.165, 1.54) is 43.1 Å². The van der Waals surface area contributed by atoms with Crippen molar-refractivity contribution >= 4 is 22.9 Å². The Morgan fingerprint density at radius 3 is 2.50 bits per heavy atom. The summed E-state index contributed by atoms with van der Waals surface area (Å²) in [5, 5.41) is 0.802. The van der Waals surface area contributed by atoms with E-state index in [0.29, 0.717) is 17.7 Å². The maximum atomic E-state index is 12.3. The highest BCUT2D eigenvalue weighted by molar-refractivity contribution is 7.99. The second-order valence-electron chi connectivity index (χ2n) is 6.53. The van der Waals surface area contributed by atoms with Crippen molar-refractivity contribution in [3.63, 3.8) is 0 Å². The van der Waals surface area contributed by atoms with Crippen LogP contribution in [0.25, 0.3) is 11.2 Å². The van der Waals surface area contributed by atoms with Gasteiger partial charge in [-0.1, -0.05) is 69.4 Å². The van der Waals surface area contributed by atoms with E-state index >= 15 is 0 Å². The van der Waals surface area contributed by atoms with Gasteiger partial charge in [-0.15, -0.1) is 0 Å². The Hall–Kier alpha value is -1.76. The minimum Gasteiger partial charge on any atom is -0.309 e. The zero-order valence-corrected chi connectivity index (χ0v) is 16.9. The number of thioether (sulfide) groups is 1. The Bertz CT molecular complexity index is 848. The van der Waals surface area contributed by atoms with Crippen molar-refractivity contribution in [1.29, 1.82) is 0 Å². The van der Waals surface area contributed by atoms with Gasteiger partial charge >= 0.3 is 5.69 Å². The Kier molecular flexibility index (Phi) is 8.22. The fourth-order valence-corrected chi connectivity index (χ4v) is 3.93. The van der Waals surface area contributed by atoms with Gasteiger partial charge in [0.2, 0.25) is 0 Å². The maximum Gasteiger partial charge on any atom is 0.329 e. The van der Waals surface area contributed by atoms with Crippen molar-refractivity contribution in [1.82, 2.24) is 19.1 Å². The first-order chi connectivity index (χ1) is 12.6. The Morgan fingerprint density at radius 2 is 1.81 bits per heavy atom. The van der Waals surface area contributed by atoms with Gasteiger partial charge in [0.15, 0.2) is 16.3 Å². The number of imidazole rings is 1. The summed E-state index contributed by atoms with van der Waals surface area (Å²) in [5.41, 5.74) is 0.113. The molecule has 0 aromatic carbocycles. The molecule has 0 amide bonds. The Balaban J connectivity index is 2.09. The van der Waals surface area contributed by atoms with Crippen LogP contribution in [0.15, 0.2) is 26.9 Å². The zero-order valence-electron chi connectivity index (χ0n) is 16.1. The van der Waals surface area contributed by atoms with Crippen molar-refractivity contribution in [3.8, 4) is 0 Å². The summed E-state index contributed by atoms with van der Waals surface area (Å²) in [6.07, 6.45) is 12.8. The number of aryl methyl sites for hydroxylation is 1. The van der Waals surface area contributed by atoms with Gasteiger partial charge in [0, 0.05) is 19.3 Å². The number of H-pyrrole nitrogens is 1. The molecular weight excluding hydrogens is 348 g/mol. The lowest BCUT2D eigenvalue weighted by molar-refractivity contribution is 0.603. The molecule has 1 N–H and O–H groups in total. The molecule has 0 aliphatic rings. The topological polar surface area (TPSA) is 72.7 Å². The highest BCUT2D eigenvalue weighted by Crippen LogP contribution is 2.23. The molecule has 0 spiro atoms. The van der Waals surface area contributed by atoms with Gasteiger partial charge in [0.25, 0.3) is 5.56 Å². The number of aromatic nitrogens is 4. The van der Waals surface area contributed by atoms with Crippen LogP contribution in [0.5, 0.6) is 0 Å². The van der Waals surface area contributed by atoms with Crippen LogP contribution in [0.2, 0.25) is 0 Å². The fraction of sp³-hybridized carbons (Fsp3) is 0.632. The SMILES string of the molecule is CC=CCn1c(SCCCCCCCCC)nc2c1c(=O)[nH]c(=O)n2C. The van der Waals surface area contributed by atoms with Gasteiger partial charge in [-0.2, -0.15) is 0 Å². The van der Waals surface area contributed by atoms with Gasteiger partial charge in [-0.3, -0.25) is 14.3 Å². The monoisotopic (exact) mass is 378 g/mol. The second kappa shape index (κ2) is 10.4. The third-order valence-corrected chi connectivity index (χ3v) is 5.54. The molecule has 7 heteroatoms. The predicted octanol–water partition coefficient (Wildman–Crippen LogP) is 3.84. The molecule has 2 rings (SSSR count). The van der Waals surface area contributed by atoms with Crippen molar-refractivity contribution in [3.05, 3.63) is 33.0 Å². The molecule has 0 fully saturated rings. The zero-order chi connectivity index (χ0) is 18.9. The third kappa shape index (κ3) is 5.13. The molecule has 0 bridgehead atoms. The first-order valence-electron chi connectivity index (χ1n) is 9.53. The number of fused-ring (bicyclic) bond motifs is 1. The molecule has 26 heavy (non-hydrogen) atoms. The fourth-order valence-electron chi connectivity index (χ4n) is 2.93. The van der Waals surface area contributed by atoms with Gasteiger partial charge in [-0.25, -0.2) is 9.78 Å². The number of nitrogens with one attached hydrogen (secondary N) is 1. The van der Waals surface area contributed by atoms with Crippen LogP contribution < -0.4 is 11.2 Å². The summed E-state index contributed by atoms with van der Waals surface area (Å²) in [6, 6.07) is 0. The molecule has 0 saturated heterocycles. The molecule has 0 unspecified atom stereocenters. The first kappa shape index (κ1) is 20.6. The summed E-state index contributed by atoms with van der Waals surface area (Å²) < 4.78 is 3.31. The first-order valence-corrected chi connectivity index (χ1v) is 10.5. The number of nitrogens with zero attached hydrogens (tertiary/aromatic N) is 3. The normalized spacial score (nSPS) is 11.8. The third-order valence-electron chi connectivity index (χ3n) is 4.47. The van der Waals surface area contributed by atoms with E-state index in [1.807, 2.05) is 23.6 Å². The number of hydrogen-bond acceptors (Lipinski definition) is 4. The lowest BCUT2D eigenvalue weighted by Gasteiger charge is -2.06. The molecular formula is C19H30N4O2S. The lowest BCUT2D eigenvalue weighted by Crippen LogP contribution is -2.29. The number of unbranched alkanes of at least 4 members (excludes halogenated alkanes) is 6. The molecule has 0 radical (unpaired) electrons. The van der Waals surface area contributed by atoms with Crippen LogP contribution in [0.4, 0.5) is 0 Å². The smallest absolute Gasteiger partial charge is 0.309 e. The lowest BCUT2D eigenvalue weighted by atomic mass is 10.1. The number of allylic oxidation sites excluding steroid dienone is 2. The summed E-state index contributed by atoms with van der Waals surface area (Å²) in [5.74, 6) is 0.971. The Labute approximate surface area is 158 Å². The van der Waals surface area contributed by atoms with Crippen molar-refractivity contribution in [2.45, 2.75) is 70.5 Å². The largest absolute Gasteiger partial charge is 0.329 e. The molecule has 2 aromatic heterocycles. The Morgan fingerprint density at radius 1 is 1.12 bits per heavy atom. The summed E-state index contributed by atoms with van der Waals surface area (Å²) in [7, 11) is 1.64. The molecule has 0 atom stereocenters. The highest BCUT2D eigenvalue weighted by Gasteiger charge is 2.16. The van der Waals surface area contributed by atoms with Crippen LogP contribution in [0, 0.1) is 0 Å². The molecule has 2 aromatic rings. The van der Waals surface area contributed by atoms with Crippen LogP contribution >= 0.6 is 11.8 Å². The average Bonchev–Trinajstić information content (AvgIpc) is 2.99. The van der Waals surface area contributed by atoms with Crippen molar-refractivity contribution in [2.24, 2.45) is 7.05 Å². The quantitative estimate of drug-likeness (QED) is 0.366. The van der Waals surface area contributed by atoms with E-state index in [2.05, 4.69) is 16.9 Å². The molecule has 0 aliphatic carbocycles. The van der Waals surface area contributed by atoms with E-state index in [4.69, 9.17) is 0 Å². The van der Waals surface area contributed by atoms with Gasteiger partial charge < -0.3 is 4.57 Å². The molecule has 0 saturated carbocycles. The van der Waals surface area contributed by atoms with Crippen LogP contribution in [0.1, 0.15) is 58.8 Å².